The summed E-state index contributed by atoms with van der Waals surface area (Å²) >= 11 is 0. The van der Waals surface area contributed by atoms with E-state index in [1.54, 1.807) is 4.90 Å². The minimum atomic E-state index is -4.52. The normalized spacial score (nSPS) is 25.3. The van der Waals surface area contributed by atoms with E-state index in [2.05, 4.69) is 39.1 Å². The van der Waals surface area contributed by atoms with Gasteiger partial charge in [0.05, 0.1) is 24.5 Å². The van der Waals surface area contributed by atoms with Crippen molar-refractivity contribution in [1.29, 1.82) is 0 Å². The molecule has 0 N–H and O–H groups in total. The molecule has 3 heterocycles. The summed E-state index contributed by atoms with van der Waals surface area (Å²) in [5.74, 6) is 0.368. The van der Waals surface area contributed by atoms with Crippen LogP contribution in [0.25, 0.3) is 0 Å². The Hall–Kier alpha value is -2.88. The molecule has 10 heteroatoms. The fourth-order valence-corrected chi connectivity index (χ4v) is 6.45. The predicted octanol–water partition coefficient (Wildman–Crippen LogP) is 4.59. The van der Waals surface area contributed by atoms with Crippen molar-refractivity contribution >= 4 is 11.9 Å². The highest BCUT2D eigenvalue weighted by Gasteiger charge is 2.60. The Labute approximate surface area is 209 Å². The fourth-order valence-electron chi connectivity index (χ4n) is 6.45. The number of halogens is 3. The molecule has 3 aliphatic rings. The Morgan fingerprint density at radius 3 is 2.25 bits per heavy atom. The van der Waals surface area contributed by atoms with Gasteiger partial charge in [0.15, 0.2) is 5.69 Å². The van der Waals surface area contributed by atoms with Gasteiger partial charge in [-0.3, -0.25) is 9.80 Å². The first-order valence-corrected chi connectivity index (χ1v) is 12.4. The third kappa shape index (κ3) is 4.87. The summed E-state index contributed by atoms with van der Waals surface area (Å²) in [6.45, 7) is 9.71. The SMILES string of the molecule is C[C@@H]1CN(c2cnc(C(F)(F)F)cn2)C[C@@H](C)N1C(=O)OC1(C)CC2(CN(Cc3ccccc3)C2)C1. The van der Waals surface area contributed by atoms with Crippen LogP contribution < -0.4 is 4.90 Å². The minimum Gasteiger partial charge on any atom is -0.443 e. The van der Waals surface area contributed by atoms with E-state index in [0.29, 0.717) is 18.9 Å². The van der Waals surface area contributed by atoms with Crippen LogP contribution in [-0.4, -0.2) is 69.7 Å². The minimum absolute atomic E-state index is 0.187. The zero-order chi connectivity index (χ0) is 25.7. The van der Waals surface area contributed by atoms with Crippen LogP contribution in [0.1, 0.15) is 44.9 Å². The Balaban J connectivity index is 1.13. The number of hydrogen-bond acceptors (Lipinski definition) is 6. The molecule has 2 aliphatic heterocycles. The number of carbonyl (C=O) groups excluding carboxylic acids is 1. The molecule has 1 saturated carbocycles. The molecule has 1 aromatic heterocycles. The quantitative estimate of drug-likeness (QED) is 0.609. The van der Waals surface area contributed by atoms with E-state index in [-0.39, 0.29) is 23.6 Å². The summed E-state index contributed by atoms with van der Waals surface area (Å²) in [6, 6.07) is 10.1. The van der Waals surface area contributed by atoms with E-state index in [1.165, 1.54) is 5.56 Å². The van der Waals surface area contributed by atoms with Crippen LogP contribution >= 0.6 is 0 Å². The molecule has 2 saturated heterocycles. The standard InChI is InChI=1S/C26H32F3N5O2/c1-18-11-33(22-10-30-21(9-31-22)26(27,28)29)12-19(2)34(18)23(35)36-24(3)14-25(15-24)16-32(17-25)13-20-7-5-4-6-8-20/h4-10,18-19H,11-17H2,1-3H3/t18-,19-/m1/s1. The van der Waals surface area contributed by atoms with Crippen molar-refractivity contribution in [1.82, 2.24) is 19.8 Å². The predicted molar refractivity (Wildman–Crippen MR) is 128 cm³/mol. The van der Waals surface area contributed by atoms with Gasteiger partial charge in [-0.15, -0.1) is 0 Å². The highest BCUT2D eigenvalue weighted by Crippen LogP contribution is 2.56. The highest BCUT2D eigenvalue weighted by molar-refractivity contribution is 5.70. The lowest BCUT2D eigenvalue weighted by Crippen LogP contribution is -2.68. The van der Waals surface area contributed by atoms with Crippen LogP contribution in [0.4, 0.5) is 23.8 Å². The second-order valence-corrected chi connectivity index (χ2v) is 11.1. The molecule has 0 unspecified atom stereocenters. The number of alkyl halides is 3. The molecule has 3 fully saturated rings. The summed E-state index contributed by atoms with van der Waals surface area (Å²) in [5, 5.41) is 0. The van der Waals surface area contributed by atoms with Gasteiger partial charge in [-0.2, -0.15) is 13.2 Å². The number of aromatic nitrogens is 2. The second-order valence-electron chi connectivity index (χ2n) is 11.1. The number of rotatable bonds is 4. The topological polar surface area (TPSA) is 61.8 Å². The first-order valence-electron chi connectivity index (χ1n) is 12.4. The van der Waals surface area contributed by atoms with Crippen molar-refractivity contribution in [2.24, 2.45) is 5.41 Å². The van der Waals surface area contributed by atoms with Gasteiger partial charge < -0.3 is 9.64 Å². The lowest BCUT2D eigenvalue weighted by atomic mass is 9.55. The van der Waals surface area contributed by atoms with Gasteiger partial charge in [-0.1, -0.05) is 30.3 Å². The number of ether oxygens (including phenoxy) is 1. The summed E-state index contributed by atoms with van der Waals surface area (Å²) in [7, 11) is 0. The van der Waals surface area contributed by atoms with E-state index in [4.69, 9.17) is 4.74 Å². The molecule has 0 radical (unpaired) electrons. The van der Waals surface area contributed by atoms with Crippen LogP contribution in [0, 0.1) is 5.41 Å². The number of benzene rings is 1. The van der Waals surface area contributed by atoms with E-state index >= 15 is 0 Å². The van der Waals surface area contributed by atoms with Crippen molar-refractivity contribution in [3.63, 3.8) is 0 Å². The van der Waals surface area contributed by atoms with E-state index in [0.717, 1.165) is 44.9 Å². The Bertz CT molecular complexity index is 1070. The second kappa shape index (κ2) is 8.90. The smallest absolute Gasteiger partial charge is 0.434 e. The molecule has 7 nitrogen and oxygen atoms in total. The number of amides is 1. The third-order valence-corrected chi connectivity index (χ3v) is 7.58. The largest absolute Gasteiger partial charge is 0.443 e. The number of anilines is 1. The van der Waals surface area contributed by atoms with Gasteiger partial charge >= 0.3 is 12.3 Å². The average Bonchev–Trinajstić information content (AvgIpc) is 2.76. The maximum Gasteiger partial charge on any atom is 0.434 e. The van der Waals surface area contributed by atoms with Crippen LogP contribution in [-0.2, 0) is 17.5 Å². The maximum absolute atomic E-state index is 13.2. The van der Waals surface area contributed by atoms with Crippen LogP contribution in [0.5, 0.6) is 0 Å². The van der Waals surface area contributed by atoms with Crippen molar-refractivity contribution in [3.8, 4) is 0 Å². The van der Waals surface area contributed by atoms with Crippen molar-refractivity contribution in [3.05, 3.63) is 54.0 Å². The van der Waals surface area contributed by atoms with E-state index in [9.17, 15) is 18.0 Å². The number of nitrogens with zero attached hydrogens (tertiary/aromatic N) is 5. The number of likely N-dealkylation sites (tertiary alicyclic amines) is 1. The average molecular weight is 504 g/mol. The summed E-state index contributed by atoms with van der Waals surface area (Å²) in [6.07, 6.45) is -1.23. The van der Waals surface area contributed by atoms with E-state index < -0.39 is 17.5 Å². The van der Waals surface area contributed by atoms with Crippen LogP contribution in [0.2, 0.25) is 0 Å². The molecule has 0 bridgehead atoms. The molecule has 2 atom stereocenters. The molecule has 1 aromatic carbocycles. The molecular weight excluding hydrogens is 471 g/mol. The Kier molecular flexibility index (Phi) is 6.13. The van der Waals surface area contributed by atoms with Gasteiger partial charge in [0.2, 0.25) is 0 Å². The van der Waals surface area contributed by atoms with Gasteiger partial charge in [-0.05, 0) is 39.2 Å². The summed E-state index contributed by atoms with van der Waals surface area (Å²) in [5.41, 5.74) is 0.0628. The van der Waals surface area contributed by atoms with Crippen molar-refractivity contribution < 1.29 is 22.7 Å². The molecule has 2 aromatic rings. The van der Waals surface area contributed by atoms with Crippen LogP contribution in [0.15, 0.2) is 42.7 Å². The summed E-state index contributed by atoms with van der Waals surface area (Å²) < 4.78 is 44.4. The van der Waals surface area contributed by atoms with Gasteiger partial charge in [0, 0.05) is 38.1 Å². The van der Waals surface area contributed by atoms with Crippen LogP contribution in [0.3, 0.4) is 0 Å². The van der Waals surface area contributed by atoms with Gasteiger partial charge in [0.25, 0.3) is 0 Å². The molecule has 1 aliphatic carbocycles. The number of piperazine rings is 1. The van der Waals surface area contributed by atoms with E-state index in [1.807, 2.05) is 31.7 Å². The number of hydrogen-bond donors (Lipinski definition) is 0. The van der Waals surface area contributed by atoms with Gasteiger partial charge in [-0.25, -0.2) is 14.8 Å². The maximum atomic E-state index is 13.2. The molecule has 1 spiro atoms. The fraction of sp³-hybridized carbons (Fsp3) is 0.577. The monoisotopic (exact) mass is 503 g/mol. The zero-order valence-electron chi connectivity index (χ0n) is 20.8. The third-order valence-electron chi connectivity index (χ3n) is 7.58. The first-order chi connectivity index (χ1) is 17.0. The first kappa shape index (κ1) is 24.8. The molecule has 5 rings (SSSR count). The lowest BCUT2D eigenvalue weighted by Gasteiger charge is -2.63. The summed E-state index contributed by atoms with van der Waals surface area (Å²) in [4.78, 5) is 26.7. The highest BCUT2D eigenvalue weighted by atomic mass is 19.4. The molecule has 194 valence electrons. The molecule has 36 heavy (non-hydrogen) atoms. The lowest BCUT2D eigenvalue weighted by molar-refractivity contribution is -0.187. The molecular formula is C26H32F3N5O2. The zero-order valence-corrected chi connectivity index (χ0v) is 20.8. The van der Waals surface area contributed by atoms with Gasteiger partial charge in [0.1, 0.15) is 11.4 Å². The van der Waals surface area contributed by atoms with Crippen molar-refractivity contribution in [2.45, 2.75) is 64.0 Å². The van der Waals surface area contributed by atoms with Crippen molar-refractivity contribution in [2.75, 3.05) is 31.1 Å². The molecule has 1 amide bonds. The Morgan fingerprint density at radius 1 is 1.06 bits per heavy atom. The Morgan fingerprint density at radius 2 is 1.69 bits per heavy atom. The number of carbonyl (C=O) groups is 1.